The molecule has 0 aliphatic carbocycles. The Bertz CT molecular complexity index is 724. The lowest BCUT2D eigenvalue weighted by Crippen LogP contribution is -2.41. The van der Waals surface area contributed by atoms with Gasteiger partial charge < -0.3 is 15.0 Å². The van der Waals surface area contributed by atoms with E-state index in [1.807, 2.05) is 24.3 Å². The molecule has 1 saturated heterocycles. The second-order valence-electron chi connectivity index (χ2n) is 6.45. The Balaban J connectivity index is 0.00000243. The number of aryl methyl sites for hydroxylation is 1. The number of carbonyl (C=O) groups is 1. The van der Waals surface area contributed by atoms with E-state index in [1.165, 1.54) is 4.88 Å². The van der Waals surface area contributed by atoms with E-state index in [2.05, 4.69) is 30.1 Å². The molecule has 0 spiro atoms. The highest BCUT2D eigenvalue weighted by molar-refractivity contribution is 7.14. The molecule has 1 unspecified atom stereocenters. The van der Waals surface area contributed by atoms with Crippen molar-refractivity contribution < 1.29 is 9.53 Å². The van der Waals surface area contributed by atoms with Crippen molar-refractivity contribution in [3.63, 3.8) is 0 Å². The molecule has 2 aromatic rings. The number of thiophene rings is 1. The molecular formula is C20H27ClN2O2S. The lowest BCUT2D eigenvalue weighted by molar-refractivity contribution is 0.0697. The van der Waals surface area contributed by atoms with Crippen molar-refractivity contribution in [3.05, 3.63) is 40.1 Å². The summed E-state index contributed by atoms with van der Waals surface area (Å²) >= 11 is 1.60. The first-order valence-corrected chi connectivity index (χ1v) is 9.72. The molecule has 1 aromatic carbocycles. The molecule has 4 nitrogen and oxygen atoms in total. The topological polar surface area (TPSA) is 41.6 Å². The van der Waals surface area contributed by atoms with Crippen LogP contribution in [-0.2, 0) is 0 Å². The molecule has 0 radical (unpaired) electrons. The maximum Gasteiger partial charge on any atom is 0.264 e. The fourth-order valence-corrected chi connectivity index (χ4v) is 4.38. The number of rotatable bonds is 6. The number of nitrogens with zero attached hydrogens (tertiary/aromatic N) is 1. The number of benzene rings is 1. The summed E-state index contributed by atoms with van der Waals surface area (Å²) in [5.74, 6) is 1.01. The van der Waals surface area contributed by atoms with Gasteiger partial charge in [-0.1, -0.05) is 19.1 Å². The Kier molecular flexibility index (Phi) is 7.50. The Morgan fingerprint density at radius 2 is 2.08 bits per heavy atom. The summed E-state index contributed by atoms with van der Waals surface area (Å²) in [5.41, 5.74) is 2.26. The van der Waals surface area contributed by atoms with Crippen LogP contribution in [0.3, 0.4) is 0 Å². The van der Waals surface area contributed by atoms with E-state index in [4.69, 9.17) is 4.74 Å². The Hall–Kier alpha value is -1.56. The highest BCUT2D eigenvalue weighted by atomic mass is 35.5. The van der Waals surface area contributed by atoms with Gasteiger partial charge in [0.1, 0.15) is 5.75 Å². The molecule has 1 aliphatic rings. The third-order valence-corrected chi connectivity index (χ3v) is 5.77. The number of hydrogen-bond acceptors (Lipinski definition) is 4. The van der Waals surface area contributed by atoms with Gasteiger partial charge >= 0.3 is 0 Å². The molecule has 1 aromatic heterocycles. The van der Waals surface area contributed by atoms with Gasteiger partial charge in [0.15, 0.2) is 0 Å². The van der Waals surface area contributed by atoms with Gasteiger partial charge in [-0.3, -0.25) is 4.79 Å². The van der Waals surface area contributed by atoms with Gasteiger partial charge in [0.25, 0.3) is 5.91 Å². The van der Waals surface area contributed by atoms with E-state index >= 15 is 0 Å². The first-order chi connectivity index (χ1) is 12.1. The molecule has 1 atom stereocenters. The van der Waals surface area contributed by atoms with Gasteiger partial charge in [0, 0.05) is 24.0 Å². The first-order valence-electron chi connectivity index (χ1n) is 8.90. The van der Waals surface area contributed by atoms with E-state index < -0.39 is 0 Å². The second-order valence-corrected chi connectivity index (χ2v) is 7.71. The maximum atomic E-state index is 13.1. The summed E-state index contributed by atoms with van der Waals surface area (Å²) in [4.78, 5) is 17.2. The third kappa shape index (κ3) is 4.40. The molecule has 3 rings (SSSR count). The summed E-state index contributed by atoms with van der Waals surface area (Å²) in [6.45, 7) is 6.94. The number of methoxy groups -OCH3 is 1. The maximum absolute atomic E-state index is 13.1. The van der Waals surface area contributed by atoms with Crippen LogP contribution in [0.2, 0.25) is 0 Å². The zero-order chi connectivity index (χ0) is 17.8. The van der Waals surface area contributed by atoms with Crippen molar-refractivity contribution in [3.8, 4) is 16.9 Å². The van der Waals surface area contributed by atoms with Crippen LogP contribution in [0.5, 0.6) is 5.75 Å². The number of amides is 1. The minimum absolute atomic E-state index is 0. The highest BCUT2D eigenvalue weighted by Crippen LogP contribution is 2.33. The van der Waals surface area contributed by atoms with E-state index in [-0.39, 0.29) is 18.3 Å². The monoisotopic (exact) mass is 394 g/mol. The van der Waals surface area contributed by atoms with Crippen LogP contribution in [0, 0.1) is 6.92 Å². The van der Waals surface area contributed by atoms with Crippen LogP contribution in [0.4, 0.5) is 0 Å². The molecule has 0 bridgehead atoms. The number of carbonyl (C=O) groups excluding carboxylic acids is 1. The van der Waals surface area contributed by atoms with Crippen molar-refractivity contribution in [1.82, 2.24) is 10.2 Å². The van der Waals surface area contributed by atoms with E-state index in [9.17, 15) is 4.79 Å². The molecule has 1 fully saturated rings. The van der Waals surface area contributed by atoms with Crippen LogP contribution < -0.4 is 10.1 Å². The van der Waals surface area contributed by atoms with Crippen molar-refractivity contribution in [1.29, 1.82) is 0 Å². The van der Waals surface area contributed by atoms with Gasteiger partial charge in [-0.2, -0.15) is 0 Å². The van der Waals surface area contributed by atoms with Gasteiger partial charge in [0.05, 0.1) is 12.0 Å². The Labute approximate surface area is 166 Å². The fourth-order valence-electron chi connectivity index (χ4n) is 3.38. The molecule has 142 valence electrons. The molecular weight excluding hydrogens is 368 g/mol. The van der Waals surface area contributed by atoms with Crippen LogP contribution in [0.1, 0.15) is 34.3 Å². The predicted molar refractivity (Wildman–Crippen MR) is 111 cm³/mol. The molecule has 6 heteroatoms. The normalized spacial score (nSPS) is 16.2. The van der Waals surface area contributed by atoms with Crippen molar-refractivity contribution in [2.24, 2.45) is 0 Å². The van der Waals surface area contributed by atoms with Crippen LogP contribution in [0.25, 0.3) is 11.1 Å². The van der Waals surface area contributed by atoms with E-state index in [0.717, 1.165) is 54.2 Å². The van der Waals surface area contributed by atoms with Crippen molar-refractivity contribution in [2.75, 3.05) is 26.7 Å². The summed E-state index contributed by atoms with van der Waals surface area (Å²) < 4.78 is 5.23. The highest BCUT2D eigenvalue weighted by Gasteiger charge is 2.28. The number of hydrogen-bond donors (Lipinski definition) is 1. The number of halogens is 1. The second kappa shape index (κ2) is 9.40. The summed E-state index contributed by atoms with van der Waals surface area (Å²) in [5, 5.41) is 3.37. The van der Waals surface area contributed by atoms with Gasteiger partial charge in [0.2, 0.25) is 0 Å². The smallest absolute Gasteiger partial charge is 0.264 e. The van der Waals surface area contributed by atoms with Gasteiger partial charge in [-0.25, -0.2) is 0 Å². The Morgan fingerprint density at radius 3 is 2.65 bits per heavy atom. The summed E-state index contributed by atoms with van der Waals surface area (Å²) in [6, 6.07) is 10.4. The SMILES string of the molecule is CCCN(C(=O)c1cc(-c2ccc(OC)cc2)c(C)s1)C1CCNC1.Cl. The average molecular weight is 395 g/mol. The zero-order valence-electron chi connectivity index (χ0n) is 15.6. The summed E-state index contributed by atoms with van der Waals surface area (Å²) in [6.07, 6.45) is 2.03. The average Bonchev–Trinajstić information content (AvgIpc) is 3.29. The van der Waals surface area contributed by atoms with Gasteiger partial charge in [-0.15, -0.1) is 23.7 Å². The fraction of sp³-hybridized carbons (Fsp3) is 0.450. The lowest BCUT2D eigenvalue weighted by Gasteiger charge is -2.27. The number of ether oxygens (including phenoxy) is 1. The zero-order valence-corrected chi connectivity index (χ0v) is 17.2. The summed E-state index contributed by atoms with van der Waals surface area (Å²) in [7, 11) is 1.67. The molecule has 26 heavy (non-hydrogen) atoms. The quantitative estimate of drug-likeness (QED) is 0.791. The van der Waals surface area contributed by atoms with E-state index in [0.29, 0.717) is 6.04 Å². The van der Waals surface area contributed by atoms with Crippen LogP contribution >= 0.6 is 23.7 Å². The molecule has 1 N–H and O–H groups in total. The first kappa shape index (κ1) is 20.7. The van der Waals surface area contributed by atoms with Crippen molar-refractivity contribution >= 4 is 29.7 Å². The van der Waals surface area contributed by atoms with Gasteiger partial charge in [-0.05, 0) is 55.6 Å². The van der Waals surface area contributed by atoms with Crippen LogP contribution in [-0.4, -0.2) is 43.6 Å². The predicted octanol–water partition coefficient (Wildman–Crippen LogP) is 4.37. The van der Waals surface area contributed by atoms with Crippen molar-refractivity contribution in [2.45, 2.75) is 32.7 Å². The Morgan fingerprint density at radius 1 is 1.35 bits per heavy atom. The minimum atomic E-state index is 0. The molecule has 1 aliphatic heterocycles. The number of nitrogens with one attached hydrogen (secondary N) is 1. The molecule has 1 amide bonds. The minimum Gasteiger partial charge on any atom is -0.497 e. The van der Waals surface area contributed by atoms with Crippen LogP contribution in [0.15, 0.2) is 30.3 Å². The molecule has 2 heterocycles. The third-order valence-electron chi connectivity index (χ3n) is 4.73. The lowest BCUT2D eigenvalue weighted by atomic mass is 10.1. The van der Waals surface area contributed by atoms with E-state index in [1.54, 1.807) is 18.4 Å². The standard InChI is InChI=1S/C20H26N2O2S.ClH/c1-4-11-22(16-9-10-21-13-16)20(23)19-12-18(14(2)25-19)15-5-7-17(24-3)8-6-15;/h5-8,12,16,21H,4,9-11,13H2,1-3H3;1H. The largest absolute Gasteiger partial charge is 0.497 e. The molecule has 0 saturated carbocycles.